The van der Waals surface area contributed by atoms with Gasteiger partial charge in [-0.25, -0.2) is 0 Å². The summed E-state index contributed by atoms with van der Waals surface area (Å²) in [5, 5.41) is 6.36. The third-order valence-electron chi connectivity index (χ3n) is 3.02. The average Bonchev–Trinajstić information content (AvgIpc) is 2.30. The Labute approximate surface area is 120 Å². The lowest BCUT2D eigenvalue weighted by Crippen LogP contribution is -2.52. The molecular formula is C12H19Cl2N3O. The van der Waals surface area contributed by atoms with Crippen molar-refractivity contribution in [3.05, 3.63) is 30.1 Å². The van der Waals surface area contributed by atoms with E-state index in [1.54, 1.807) is 12.3 Å². The van der Waals surface area contributed by atoms with Crippen molar-refractivity contribution in [3.8, 4) is 0 Å². The molecule has 102 valence electrons. The summed E-state index contributed by atoms with van der Waals surface area (Å²) in [6.45, 7) is 4.01. The fourth-order valence-electron chi connectivity index (χ4n) is 1.94. The van der Waals surface area contributed by atoms with E-state index in [4.69, 9.17) is 0 Å². The highest BCUT2D eigenvalue weighted by atomic mass is 35.5. The molecule has 2 N–H and O–H groups in total. The van der Waals surface area contributed by atoms with Crippen LogP contribution < -0.4 is 10.6 Å². The van der Waals surface area contributed by atoms with Crippen LogP contribution in [-0.4, -0.2) is 29.5 Å². The van der Waals surface area contributed by atoms with Gasteiger partial charge in [-0.15, -0.1) is 24.8 Å². The highest BCUT2D eigenvalue weighted by Crippen LogP contribution is 2.17. The van der Waals surface area contributed by atoms with E-state index in [2.05, 4.69) is 22.5 Å². The second kappa shape index (κ2) is 7.56. The summed E-state index contributed by atoms with van der Waals surface area (Å²) in [6.07, 6.45) is 3.57. The number of halogens is 2. The number of nitrogens with one attached hydrogen (secondary N) is 2. The van der Waals surface area contributed by atoms with Gasteiger partial charge in [-0.05, 0) is 45.0 Å². The van der Waals surface area contributed by atoms with E-state index in [0.29, 0.717) is 5.69 Å². The highest BCUT2D eigenvalue weighted by molar-refractivity contribution is 5.92. The van der Waals surface area contributed by atoms with Gasteiger partial charge in [0.2, 0.25) is 0 Å². The molecule has 0 bridgehead atoms. The van der Waals surface area contributed by atoms with Gasteiger partial charge in [0.25, 0.3) is 5.91 Å². The Morgan fingerprint density at radius 1 is 1.33 bits per heavy atom. The number of amides is 1. The summed E-state index contributed by atoms with van der Waals surface area (Å²) >= 11 is 0. The van der Waals surface area contributed by atoms with Gasteiger partial charge in [-0.1, -0.05) is 6.07 Å². The van der Waals surface area contributed by atoms with Crippen molar-refractivity contribution in [2.75, 3.05) is 13.1 Å². The molecule has 1 aliphatic rings. The zero-order valence-corrected chi connectivity index (χ0v) is 11.9. The molecule has 0 saturated carbocycles. The van der Waals surface area contributed by atoms with E-state index >= 15 is 0 Å². The number of carbonyl (C=O) groups is 1. The molecule has 0 unspecified atom stereocenters. The summed E-state index contributed by atoms with van der Waals surface area (Å²) in [6, 6.07) is 5.37. The molecule has 6 heteroatoms. The van der Waals surface area contributed by atoms with Gasteiger partial charge >= 0.3 is 0 Å². The van der Waals surface area contributed by atoms with Crippen LogP contribution in [-0.2, 0) is 0 Å². The van der Waals surface area contributed by atoms with Gasteiger partial charge in [-0.3, -0.25) is 9.78 Å². The predicted octanol–water partition coefficient (Wildman–Crippen LogP) is 1.80. The number of piperidine rings is 1. The summed E-state index contributed by atoms with van der Waals surface area (Å²) < 4.78 is 0. The van der Waals surface area contributed by atoms with Crippen molar-refractivity contribution in [1.29, 1.82) is 0 Å². The minimum atomic E-state index is -0.0974. The van der Waals surface area contributed by atoms with Crippen molar-refractivity contribution in [1.82, 2.24) is 15.6 Å². The molecule has 1 fully saturated rings. The lowest BCUT2D eigenvalue weighted by molar-refractivity contribution is 0.0882. The maximum Gasteiger partial charge on any atom is 0.270 e. The lowest BCUT2D eigenvalue weighted by Gasteiger charge is -2.34. The first-order valence-corrected chi connectivity index (χ1v) is 5.64. The van der Waals surface area contributed by atoms with Crippen LogP contribution >= 0.6 is 24.8 Å². The van der Waals surface area contributed by atoms with E-state index in [1.165, 1.54) is 0 Å². The van der Waals surface area contributed by atoms with Gasteiger partial charge in [0.05, 0.1) is 0 Å². The molecule has 0 aliphatic carbocycles. The first kappa shape index (κ1) is 17.2. The van der Waals surface area contributed by atoms with E-state index in [9.17, 15) is 4.79 Å². The van der Waals surface area contributed by atoms with Gasteiger partial charge in [0.1, 0.15) is 5.69 Å². The normalized spacial score (nSPS) is 16.9. The highest BCUT2D eigenvalue weighted by Gasteiger charge is 2.28. The Hall–Kier alpha value is -0.840. The number of carbonyl (C=O) groups excluding carboxylic acids is 1. The largest absolute Gasteiger partial charge is 0.345 e. The monoisotopic (exact) mass is 291 g/mol. The van der Waals surface area contributed by atoms with Crippen molar-refractivity contribution in [3.63, 3.8) is 0 Å². The van der Waals surface area contributed by atoms with Gasteiger partial charge < -0.3 is 10.6 Å². The Bertz CT molecular complexity index is 367. The van der Waals surface area contributed by atoms with E-state index in [1.807, 2.05) is 12.1 Å². The zero-order chi connectivity index (χ0) is 11.4. The van der Waals surface area contributed by atoms with Crippen molar-refractivity contribution < 1.29 is 4.79 Å². The van der Waals surface area contributed by atoms with E-state index < -0.39 is 0 Å². The molecule has 1 aromatic heterocycles. The smallest absolute Gasteiger partial charge is 0.270 e. The standard InChI is InChI=1S/C12H17N3O.2ClH/c1-12(5-8-13-9-6-12)15-11(16)10-4-2-3-7-14-10;;/h2-4,7,13H,5-6,8-9H2,1H3,(H,15,16);2*1H. The fraction of sp³-hybridized carbons (Fsp3) is 0.500. The molecule has 1 aliphatic heterocycles. The molecule has 0 radical (unpaired) electrons. The van der Waals surface area contributed by atoms with Crippen molar-refractivity contribution >= 4 is 30.7 Å². The maximum absolute atomic E-state index is 11.9. The molecule has 4 nitrogen and oxygen atoms in total. The summed E-state index contributed by atoms with van der Waals surface area (Å²) in [4.78, 5) is 16.0. The Morgan fingerprint density at radius 2 is 2.00 bits per heavy atom. The molecule has 0 spiro atoms. The molecule has 0 atom stereocenters. The molecule has 18 heavy (non-hydrogen) atoms. The quantitative estimate of drug-likeness (QED) is 0.874. The number of hydrogen-bond donors (Lipinski definition) is 2. The first-order chi connectivity index (χ1) is 7.70. The summed E-state index contributed by atoms with van der Waals surface area (Å²) in [5.41, 5.74) is 0.391. The van der Waals surface area contributed by atoms with Crippen molar-refractivity contribution in [2.24, 2.45) is 0 Å². The Balaban J connectivity index is 0.00000144. The summed E-state index contributed by atoms with van der Waals surface area (Å²) in [7, 11) is 0. The van der Waals surface area contributed by atoms with Crippen LogP contribution in [0.2, 0.25) is 0 Å². The van der Waals surface area contributed by atoms with Crippen LogP contribution in [0.25, 0.3) is 0 Å². The Morgan fingerprint density at radius 3 is 2.56 bits per heavy atom. The fourth-order valence-corrected chi connectivity index (χ4v) is 1.94. The maximum atomic E-state index is 11.9. The topological polar surface area (TPSA) is 54.0 Å². The average molecular weight is 292 g/mol. The molecule has 2 heterocycles. The number of hydrogen-bond acceptors (Lipinski definition) is 3. The van der Waals surface area contributed by atoms with E-state index in [0.717, 1.165) is 25.9 Å². The van der Waals surface area contributed by atoms with Crippen LogP contribution in [0.4, 0.5) is 0 Å². The van der Waals surface area contributed by atoms with Crippen LogP contribution in [0.15, 0.2) is 24.4 Å². The SMILES string of the molecule is CC1(NC(=O)c2ccccn2)CCNCC1.Cl.Cl. The molecule has 1 amide bonds. The predicted molar refractivity (Wildman–Crippen MR) is 76.7 cm³/mol. The van der Waals surface area contributed by atoms with Gasteiger partial charge in [-0.2, -0.15) is 0 Å². The minimum absolute atomic E-state index is 0. The van der Waals surface area contributed by atoms with Crippen molar-refractivity contribution in [2.45, 2.75) is 25.3 Å². The lowest BCUT2D eigenvalue weighted by atomic mass is 9.90. The number of rotatable bonds is 2. The van der Waals surface area contributed by atoms with Crippen LogP contribution in [0.3, 0.4) is 0 Å². The van der Waals surface area contributed by atoms with Gasteiger partial charge in [0, 0.05) is 11.7 Å². The number of aromatic nitrogens is 1. The van der Waals surface area contributed by atoms with Gasteiger partial charge in [0.15, 0.2) is 0 Å². The van der Waals surface area contributed by atoms with Crippen LogP contribution in [0, 0.1) is 0 Å². The van der Waals surface area contributed by atoms with Crippen LogP contribution in [0.5, 0.6) is 0 Å². The first-order valence-electron chi connectivity index (χ1n) is 5.64. The van der Waals surface area contributed by atoms with Crippen LogP contribution in [0.1, 0.15) is 30.3 Å². The summed E-state index contributed by atoms with van der Waals surface area (Å²) in [5.74, 6) is -0.0787. The second-order valence-corrected chi connectivity index (χ2v) is 4.48. The molecule has 1 aromatic rings. The molecule has 0 aromatic carbocycles. The molecule has 2 rings (SSSR count). The number of nitrogens with zero attached hydrogens (tertiary/aromatic N) is 1. The molecule has 1 saturated heterocycles. The molecular weight excluding hydrogens is 273 g/mol. The minimum Gasteiger partial charge on any atom is -0.345 e. The third kappa shape index (κ3) is 4.44. The zero-order valence-electron chi connectivity index (χ0n) is 10.3. The second-order valence-electron chi connectivity index (χ2n) is 4.48. The Kier molecular flexibility index (Phi) is 7.21. The number of pyridine rings is 1. The van der Waals surface area contributed by atoms with E-state index in [-0.39, 0.29) is 36.3 Å². The third-order valence-corrected chi connectivity index (χ3v) is 3.02.